The van der Waals surface area contributed by atoms with Crippen LogP contribution in [0.25, 0.3) is 0 Å². The topological polar surface area (TPSA) is 61.0 Å². The van der Waals surface area contributed by atoms with E-state index >= 15 is 0 Å². The Morgan fingerprint density at radius 2 is 2.05 bits per heavy atom. The van der Waals surface area contributed by atoms with Gasteiger partial charge < -0.3 is 10.5 Å². The molecule has 0 saturated carbocycles. The van der Waals surface area contributed by atoms with Crippen molar-refractivity contribution in [1.82, 2.24) is 9.97 Å². The molecule has 2 rings (SSSR count). The van der Waals surface area contributed by atoms with Gasteiger partial charge in [0.25, 0.3) is 0 Å². The van der Waals surface area contributed by atoms with Crippen LogP contribution in [0, 0.1) is 6.92 Å². The van der Waals surface area contributed by atoms with Crippen LogP contribution in [0.15, 0.2) is 35.2 Å². The van der Waals surface area contributed by atoms with Crippen LogP contribution in [0.5, 0.6) is 0 Å². The molecule has 0 aliphatic heterocycles. The number of methoxy groups -OCH3 is 1. The quantitative estimate of drug-likeness (QED) is 0.850. The number of hydrogen-bond donors (Lipinski definition) is 1. The normalized spacial score (nSPS) is 10.6. The number of nitrogens with two attached hydrogens (primary N) is 1. The van der Waals surface area contributed by atoms with Crippen molar-refractivity contribution in [2.75, 3.05) is 12.8 Å². The highest BCUT2D eigenvalue weighted by molar-refractivity contribution is 7.98. The lowest BCUT2D eigenvalue weighted by molar-refractivity contribution is 0.181. The van der Waals surface area contributed by atoms with Gasteiger partial charge in [-0.15, -0.1) is 11.8 Å². The number of anilines is 1. The zero-order valence-corrected chi connectivity index (χ0v) is 11.9. The summed E-state index contributed by atoms with van der Waals surface area (Å²) in [4.78, 5) is 9.92. The summed E-state index contributed by atoms with van der Waals surface area (Å²) in [7, 11) is 1.64. The number of hydrogen-bond acceptors (Lipinski definition) is 5. The summed E-state index contributed by atoms with van der Waals surface area (Å²) in [5.74, 6) is 1.93. The molecule has 0 aliphatic rings. The second-order valence-electron chi connectivity index (χ2n) is 4.19. The molecule has 5 heteroatoms. The van der Waals surface area contributed by atoms with Gasteiger partial charge in [-0.25, -0.2) is 9.97 Å². The van der Waals surface area contributed by atoms with Crippen LogP contribution in [0.3, 0.4) is 0 Å². The molecule has 2 aromatic rings. The molecule has 0 spiro atoms. The summed E-state index contributed by atoms with van der Waals surface area (Å²) < 4.78 is 5.07. The van der Waals surface area contributed by atoms with E-state index in [0.29, 0.717) is 18.2 Å². The average molecular weight is 275 g/mol. The van der Waals surface area contributed by atoms with E-state index in [9.17, 15) is 0 Å². The van der Waals surface area contributed by atoms with Gasteiger partial charge in [0.1, 0.15) is 11.6 Å². The van der Waals surface area contributed by atoms with Gasteiger partial charge >= 0.3 is 0 Å². The minimum atomic E-state index is 0.453. The van der Waals surface area contributed by atoms with Gasteiger partial charge in [-0.1, -0.05) is 18.2 Å². The number of ether oxygens (including phenoxy) is 1. The number of aromatic nitrogens is 2. The van der Waals surface area contributed by atoms with E-state index in [1.807, 2.05) is 12.1 Å². The average Bonchev–Trinajstić information content (AvgIpc) is 2.37. The van der Waals surface area contributed by atoms with E-state index in [4.69, 9.17) is 10.5 Å². The molecular weight excluding hydrogens is 258 g/mol. The third kappa shape index (κ3) is 3.94. The van der Waals surface area contributed by atoms with Gasteiger partial charge in [-0.3, -0.25) is 0 Å². The molecule has 0 amide bonds. The first-order chi connectivity index (χ1) is 9.19. The second-order valence-corrected chi connectivity index (χ2v) is 5.20. The van der Waals surface area contributed by atoms with E-state index in [0.717, 1.165) is 11.5 Å². The first-order valence-corrected chi connectivity index (χ1v) is 6.97. The number of aryl methyl sites for hydroxylation is 1. The monoisotopic (exact) mass is 275 g/mol. The molecule has 0 saturated heterocycles. The molecule has 2 N–H and O–H groups in total. The number of nitrogen functional groups attached to an aromatic ring is 1. The van der Waals surface area contributed by atoms with Crippen molar-refractivity contribution in [2.45, 2.75) is 24.2 Å². The summed E-state index contributed by atoms with van der Waals surface area (Å²) in [5, 5.41) is 0. The standard InChI is InChI=1S/C14H17N3OS/c1-10-5-3-4-6-12(10)19-9-14-16-11(8-18-2)7-13(15)17-14/h3-7H,8-9H2,1-2H3,(H2,15,16,17). The maximum absolute atomic E-state index is 5.77. The predicted molar refractivity (Wildman–Crippen MR) is 77.9 cm³/mol. The van der Waals surface area contributed by atoms with Gasteiger partial charge in [-0.05, 0) is 18.6 Å². The van der Waals surface area contributed by atoms with Crippen molar-refractivity contribution in [3.8, 4) is 0 Å². The number of rotatable bonds is 5. The first-order valence-electron chi connectivity index (χ1n) is 5.98. The smallest absolute Gasteiger partial charge is 0.141 e. The van der Waals surface area contributed by atoms with Gasteiger partial charge in [0.05, 0.1) is 18.1 Å². The second kappa shape index (κ2) is 6.54. The lowest BCUT2D eigenvalue weighted by atomic mass is 10.2. The largest absolute Gasteiger partial charge is 0.384 e. The van der Waals surface area contributed by atoms with E-state index in [2.05, 4.69) is 29.0 Å². The van der Waals surface area contributed by atoms with Gasteiger partial charge in [0.2, 0.25) is 0 Å². The third-order valence-corrected chi connectivity index (χ3v) is 3.76. The van der Waals surface area contributed by atoms with Crippen LogP contribution >= 0.6 is 11.8 Å². The Labute approximate surface area is 117 Å². The van der Waals surface area contributed by atoms with Crippen LogP contribution < -0.4 is 5.73 Å². The third-order valence-electron chi connectivity index (χ3n) is 2.59. The Hall–Kier alpha value is -1.59. The maximum Gasteiger partial charge on any atom is 0.141 e. The van der Waals surface area contributed by atoms with Crippen molar-refractivity contribution < 1.29 is 4.74 Å². The van der Waals surface area contributed by atoms with E-state index in [-0.39, 0.29) is 0 Å². The molecular formula is C14H17N3OS. The molecule has 19 heavy (non-hydrogen) atoms. The Kier molecular flexibility index (Phi) is 4.76. The van der Waals surface area contributed by atoms with Crippen molar-refractivity contribution in [3.63, 3.8) is 0 Å². The van der Waals surface area contributed by atoms with Crippen molar-refractivity contribution in [2.24, 2.45) is 0 Å². The van der Waals surface area contributed by atoms with Crippen LogP contribution in [0.2, 0.25) is 0 Å². The highest BCUT2D eigenvalue weighted by atomic mass is 32.2. The fourth-order valence-electron chi connectivity index (χ4n) is 1.72. The van der Waals surface area contributed by atoms with E-state index in [1.165, 1.54) is 10.5 Å². The summed E-state index contributed by atoms with van der Waals surface area (Å²) >= 11 is 1.71. The highest BCUT2D eigenvalue weighted by Crippen LogP contribution is 2.24. The van der Waals surface area contributed by atoms with E-state index in [1.54, 1.807) is 24.9 Å². The van der Waals surface area contributed by atoms with Crippen molar-refractivity contribution >= 4 is 17.6 Å². The zero-order chi connectivity index (χ0) is 13.7. The minimum absolute atomic E-state index is 0.453. The fourth-order valence-corrected chi connectivity index (χ4v) is 2.61. The molecule has 1 aromatic carbocycles. The molecule has 0 unspecified atom stereocenters. The number of thioether (sulfide) groups is 1. The number of benzene rings is 1. The summed E-state index contributed by atoms with van der Waals surface area (Å²) in [6, 6.07) is 10.0. The fraction of sp³-hybridized carbons (Fsp3) is 0.286. The van der Waals surface area contributed by atoms with E-state index < -0.39 is 0 Å². The van der Waals surface area contributed by atoms with Gasteiger partial charge in [-0.2, -0.15) is 0 Å². The molecule has 0 radical (unpaired) electrons. The Balaban J connectivity index is 2.09. The molecule has 1 aromatic heterocycles. The first kappa shape index (κ1) is 13.8. The van der Waals surface area contributed by atoms with Gasteiger partial charge in [0, 0.05) is 18.1 Å². The van der Waals surface area contributed by atoms with Crippen LogP contribution in [-0.2, 0) is 17.1 Å². The van der Waals surface area contributed by atoms with Gasteiger partial charge in [0.15, 0.2) is 0 Å². The van der Waals surface area contributed by atoms with Crippen molar-refractivity contribution in [3.05, 3.63) is 47.4 Å². The summed E-state index contributed by atoms with van der Waals surface area (Å²) in [6.45, 7) is 2.55. The minimum Gasteiger partial charge on any atom is -0.384 e. The predicted octanol–water partition coefficient (Wildman–Crippen LogP) is 2.81. The molecule has 0 aliphatic carbocycles. The molecule has 100 valence electrons. The molecule has 4 nitrogen and oxygen atoms in total. The Morgan fingerprint density at radius 1 is 1.26 bits per heavy atom. The molecule has 0 bridgehead atoms. The SMILES string of the molecule is COCc1cc(N)nc(CSc2ccccc2C)n1. The molecule has 0 fully saturated rings. The maximum atomic E-state index is 5.77. The number of nitrogens with zero attached hydrogens (tertiary/aromatic N) is 2. The lowest BCUT2D eigenvalue weighted by Gasteiger charge is -2.07. The Bertz CT molecular complexity index is 560. The highest BCUT2D eigenvalue weighted by Gasteiger charge is 2.05. The van der Waals surface area contributed by atoms with Crippen LogP contribution in [0.1, 0.15) is 17.1 Å². The van der Waals surface area contributed by atoms with Crippen LogP contribution in [0.4, 0.5) is 5.82 Å². The summed E-state index contributed by atoms with van der Waals surface area (Å²) in [6.07, 6.45) is 0. The zero-order valence-electron chi connectivity index (χ0n) is 11.1. The summed E-state index contributed by atoms with van der Waals surface area (Å²) in [5.41, 5.74) is 7.85. The lowest BCUT2D eigenvalue weighted by Crippen LogP contribution is -2.03. The molecule has 0 atom stereocenters. The Morgan fingerprint density at radius 3 is 2.79 bits per heavy atom. The molecule has 1 heterocycles. The van der Waals surface area contributed by atoms with Crippen LogP contribution in [-0.4, -0.2) is 17.1 Å². The van der Waals surface area contributed by atoms with Crippen molar-refractivity contribution in [1.29, 1.82) is 0 Å².